The Labute approximate surface area is 172 Å². The molecule has 0 atom stereocenters. The van der Waals surface area contributed by atoms with Crippen LogP contribution in [0.2, 0.25) is 0 Å². The summed E-state index contributed by atoms with van der Waals surface area (Å²) in [6, 6.07) is 6.75. The fourth-order valence-corrected chi connectivity index (χ4v) is 4.76. The molecule has 1 aliphatic heterocycles. The lowest BCUT2D eigenvalue weighted by Crippen LogP contribution is -2.46. The van der Waals surface area contributed by atoms with Crippen LogP contribution in [-0.4, -0.2) is 76.0 Å². The normalized spacial score (nSPS) is 15.8. The maximum atomic E-state index is 12.9. The van der Waals surface area contributed by atoms with E-state index in [-0.39, 0.29) is 49.5 Å². The summed E-state index contributed by atoms with van der Waals surface area (Å²) in [5.74, 6) is -0.954. The first-order chi connectivity index (χ1) is 13.8. The van der Waals surface area contributed by atoms with Crippen LogP contribution >= 0.6 is 0 Å². The van der Waals surface area contributed by atoms with Gasteiger partial charge in [0.2, 0.25) is 15.9 Å². The number of amides is 1. The van der Waals surface area contributed by atoms with Crippen molar-refractivity contribution in [2.45, 2.75) is 31.6 Å². The standard InChI is InChI=1S/C20H30N2O6S/c1-4-28-19(23)15-21(13-14-27-3)20(24)17-9-11-22(12-10-17)29(25,26)18-7-5-16(2)6-8-18/h5-8,17H,4,9-15H2,1-3H3. The van der Waals surface area contributed by atoms with Crippen molar-refractivity contribution in [1.82, 2.24) is 9.21 Å². The minimum Gasteiger partial charge on any atom is -0.465 e. The first kappa shape index (κ1) is 23.3. The highest BCUT2D eigenvalue weighted by molar-refractivity contribution is 7.89. The topological polar surface area (TPSA) is 93.2 Å². The van der Waals surface area contributed by atoms with E-state index in [9.17, 15) is 18.0 Å². The van der Waals surface area contributed by atoms with Crippen LogP contribution in [0.1, 0.15) is 25.3 Å². The molecular weight excluding hydrogens is 396 g/mol. The lowest BCUT2D eigenvalue weighted by atomic mass is 9.96. The Kier molecular flexibility index (Phi) is 8.60. The van der Waals surface area contributed by atoms with E-state index < -0.39 is 16.0 Å². The molecule has 162 valence electrons. The summed E-state index contributed by atoms with van der Waals surface area (Å²) in [4.78, 5) is 26.4. The van der Waals surface area contributed by atoms with Crippen molar-refractivity contribution in [3.8, 4) is 0 Å². The number of aryl methyl sites for hydroxylation is 1. The molecule has 0 N–H and O–H groups in total. The van der Waals surface area contributed by atoms with Gasteiger partial charge in [0.25, 0.3) is 0 Å². The van der Waals surface area contributed by atoms with Crippen LogP contribution in [-0.2, 0) is 29.1 Å². The summed E-state index contributed by atoms with van der Waals surface area (Å²) < 4.78 is 37.0. The van der Waals surface area contributed by atoms with E-state index in [1.807, 2.05) is 6.92 Å². The van der Waals surface area contributed by atoms with E-state index >= 15 is 0 Å². The number of ether oxygens (including phenoxy) is 2. The number of methoxy groups -OCH3 is 1. The van der Waals surface area contributed by atoms with Gasteiger partial charge in [0.05, 0.1) is 18.1 Å². The number of hydrogen-bond donors (Lipinski definition) is 0. The average molecular weight is 427 g/mol. The zero-order valence-corrected chi connectivity index (χ0v) is 18.1. The van der Waals surface area contributed by atoms with Gasteiger partial charge in [0.1, 0.15) is 6.54 Å². The average Bonchev–Trinajstić information content (AvgIpc) is 2.71. The van der Waals surface area contributed by atoms with Crippen molar-refractivity contribution >= 4 is 21.9 Å². The summed E-state index contributed by atoms with van der Waals surface area (Å²) in [6.07, 6.45) is 0.826. The Hall–Kier alpha value is -1.97. The molecule has 0 spiro atoms. The fraction of sp³-hybridized carbons (Fsp3) is 0.600. The van der Waals surface area contributed by atoms with Crippen LogP contribution in [0.15, 0.2) is 29.2 Å². The third kappa shape index (κ3) is 6.25. The third-order valence-electron chi connectivity index (χ3n) is 4.96. The number of hydrogen-bond acceptors (Lipinski definition) is 6. The predicted molar refractivity (Wildman–Crippen MR) is 108 cm³/mol. The summed E-state index contributed by atoms with van der Waals surface area (Å²) in [5.41, 5.74) is 0.992. The van der Waals surface area contributed by atoms with Crippen molar-refractivity contribution in [3.05, 3.63) is 29.8 Å². The van der Waals surface area contributed by atoms with Crippen molar-refractivity contribution in [2.75, 3.05) is 46.5 Å². The van der Waals surface area contributed by atoms with Gasteiger partial charge in [-0.2, -0.15) is 4.31 Å². The zero-order chi connectivity index (χ0) is 21.4. The molecule has 1 saturated heterocycles. The van der Waals surface area contributed by atoms with Crippen LogP contribution < -0.4 is 0 Å². The second-order valence-electron chi connectivity index (χ2n) is 7.05. The van der Waals surface area contributed by atoms with Crippen LogP contribution in [0.5, 0.6) is 0 Å². The predicted octanol–water partition coefficient (Wildman–Crippen LogP) is 1.43. The van der Waals surface area contributed by atoms with E-state index in [1.165, 1.54) is 16.3 Å². The lowest BCUT2D eigenvalue weighted by Gasteiger charge is -2.33. The molecule has 0 saturated carbocycles. The highest BCUT2D eigenvalue weighted by atomic mass is 32.2. The summed E-state index contributed by atoms with van der Waals surface area (Å²) in [6.45, 7) is 4.87. The zero-order valence-electron chi connectivity index (χ0n) is 17.3. The second-order valence-corrected chi connectivity index (χ2v) is 8.99. The number of benzene rings is 1. The molecule has 1 amide bonds. The van der Waals surface area contributed by atoms with E-state index in [0.717, 1.165) is 5.56 Å². The number of rotatable bonds is 9. The third-order valence-corrected chi connectivity index (χ3v) is 6.88. The molecule has 0 unspecified atom stereocenters. The van der Waals surface area contributed by atoms with Gasteiger partial charge < -0.3 is 14.4 Å². The smallest absolute Gasteiger partial charge is 0.325 e. The quantitative estimate of drug-likeness (QED) is 0.555. The number of piperidine rings is 1. The van der Waals surface area contributed by atoms with Gasteiger partial charge >= 0.3 is 5.97 Å². The van der Waals surface area contributed by atoms with Crippen molar-refractivity contribution in [3.63, 3.8) is 0 Å². The monoisotopic (exact) mass is 426 g/mol. The molecule has 1 aromatic carbocycles. The SMILES string of the molecule is CCOC(=O)CN(CCOC)C(=O)C1CCN(S(=O)(=O)c2ccc(C)cc2)CC1. The number of nitrogens with zero attached hydrogens (tertiary/aromatic N) is 2. The second kappa shape index (κ2) is 10.7. The number of carbonyl (C=O) groups is 2. The minimum atomic E-state index is -3.57. The highest BCUT2D eigenvalue weighted by Crippen LogP contribution is 2.25. The summed E-state index contributed by atoms with van der Waals surface area (Å²) >= 11 is 0. The number of esters is 1. The number of carbonyl (C=O) groups excluding carboxylic acids is 2. The molecule has 0 aromatic heterocycles. The van der Waals surface area contributed by atoms with Gasteiger partial charge in [-0.1, -0.05) is 17.7 Å². The Morgan fingerprint density at radius 3 is 2.34 bits per heavy atom. The van der Waals surface area contributed by atoms with E-state index in [0.29, 0.717) is 19.4 Å². The first-order valence-corrected chi connectivity index (χ1v) is 11.2. The molecule has 9 heteroatoms. The minimum absolute atomic E-state index is 0.127. The van der Waals surface area contributed by atoms with Gasteiger partial charge in [-0.05, 0) is 38.8 Å². The van der Waals surface area contributed by atoms with Gasteiger partial charge in [0, 0.05) is 32.7 Å². The molecule has 1 heterocycles. The lowest BCUT2D eigenvalue weighted by molar-refractivity contribution is -0.151. The van der Waals surface area contributed by atoms with E-state index in [4.69, 9.17) is 9.47 Å². The maximum Gasteiger partial charge on any atom is 0.325 e. The molecule has 8 nitrogen and oxygen atoms in total. The number of sulfonamides is 1. The van der Waals surface area contributed by atoms with E-state index in [1.54, 1.807) is 31.2 Å². The van der Waals surface area contributed by atoms with Crippen LogP contribution in [0, 0.1) is 12.8 Å². The molecule has 29 heavy (non-hydrogen) atoms. The molecule has 2 rings (SSSR count). The fourth-order valence-electron chi connectivity index (χ4n) is 3.29. The largest absolute Gasteiger partial charge is 0.465 e. The van der Waals surface area contributed by atoms with Crippen LogP contribution in [0.3, 0.4) is 0 Å². The van der Waals surface area contributed by atoms with Crippen molar-refractivity contribution < 1.29 is 27.5 Å². The molecule has 1 aromatic rings. The maximum absolute atomic E-state index is 12.9. The summed E-state index contributed by atoms with van der Waals surface area (Å²) in [5, 5.41) is 0. The van der Waals surface area contributed by atoms with Crippen molar-refractivity contribution in [1.29, 1.82) is 0 Å². The molecule has 0 aliphatic carbocycles. The van der Waals surface area contributed by atoms with Gasteiger partial charge in [-0.15, -0.1) is 0 Å². The summed E-state index contributed by atoms with van der Waals surface area (Å²) in [7, 11) is -2.05. The molecule has 0 radical (unpaired) electrons. The Morgan fingerprint density at radius 1 is 1.17 bits per heavy atom. The Morgan fingerprint density at radius 2 is 1.79 bits per heavy atom. The molecule has 1 fully saturated rings. The van der Waals surface area contributed by atoms with Crippen LogP contribution in [0.4, 0.5) is 0 Å². The highest BCUT2D eigenvalue weighted by Gasteiger charge is 2.34. The van der Waals surface area contributed by atoms with Gasteiger partial charge in [-0.25, -0.2) is 8.42 Å². The van der Waals surface area contributed by atoms with E-state index in [2.05, 4.69) is 0 Å². The molecule has 0 bridgehead atoms. The van der Waals surface area contributed by atoms with Gasteiger partial charge in [-0.3, -0.25) is 9.59 Å². The Bertz CT molecular complexity index is 786. The van der Waals surface area contributed by atoms with Crippen LogP contribution in [0.25, 0.3) is 0 Å². The molecular formula is C20H30N2O6S. The molecule has 1 aliphatic rings. The van der Waals surface area contributed by atoms with Crippen molar-refractivity contribution in [2.24, 2.45) is 5.92 Å². The van der Waals surface area contributed by atoms with Gasteiger partial charge in [0.15, 0.2) is 0 Å². The first-order valence-electron chi connectivity index (χ1n) is 9.79. The Balaban J connectivity index is 2.00.